The summed E-state index contributed by atoms with van der Waals surface area (Å²) in [6.07, 6.45) is 1.43. The maximum atomic E-state index is 12.2. The summed E-state index contributed by atoms with van der Waals surface area (Å²) in [7, 11) is -3.34. The van der Waals surface area contributed by atoms with E-state index in [4.69, 9.17) is 0 Å². The molecule has 24 heavy (non-hydrogen) atoms. The molecule has 1 heterocycles. The van der Waals surface area contributed by atoms with Crippen molar-refractivity contribution in [3.63, 3.8) is 0 Å². The van der Waals surface area contributed by atoms with Crippen LogP contribution in [0, 0.1) is 6.92 Å². The molecule has 0 saturated carbocycles. The SMILES string of the molecule is CCCCS(=O)(=O)NCC(=O)N1CCN(c2cccc(C)c2)CC1. The van der Waals surface area contributed by atoms with Crippen molar-refractivity contribution in [2.24, 2.45) is 0 Å². The van der Waals surface area contributed by atoms with Crippen molar-refractivity contribution in [2.45, 2.75) is 26.7 Å². The largest absolute Gasteiger partial charge is 0.368 e. The van der Waals surface area contributed by atoms with Gasteiger partial charge in [-0.25, -0.2) is 13.1 Å². The Morgan fingerprint density at radius 1 is 1.21 bits per heavy atom. The molecule has 1 amide bonds. The van der Waals surface area contributed by atoms with Gasteiger partial charge in [0.2, 0.25) is 15.9 Å². The Hall–Kier alpha value is -1.60. The van der Waals surface area contributed by atoms with Gasteiger partial charge in [-0.05, 0) is 31.0 Å². The number of sulfonamides is 1. The Kier molecular flexibility index (Phi) is 6.62. The average molecular weight is 353 g/mol. The summed E-state index contributed by atoms with van der Waals surface area (Å²) in [5.74, 6) is -0.0725. The predicted octanol–water partition coefficient (Wildman–Crippen LogP) is 1.36. The number of piperazine rings is 1. The van der Waals surface area contributed by atoms with Crippen LogP contribution in [0.2, 0.25) is 0 Å². The van der Waals surface area contributed by atoms with Crippen LogP contribution in [0.15, 0.2) is 24.3 Å². The highest BCUT2D eigenvalue weighted by Gasteiger charge is 2.22. The van der Waals surface area contributed by atoms with Crippen LogP contribution in [0.3, 0.4) is 0 Å². The molecule has 0 bridgehead atoms. The smallest absolute Gasteiger partial charge is 0.237 e. The van der Waals surface area contributed by atoms with E-state index in [9.17, 15) is 13.2 Å². The molecular weight excluding hydrogens is 326 g/mol. The maximum absolute atomic E-state index is 12.2. The fourth-order valence-electron chi connectivity index (χ4n) is 2.73. The van der Waals surface area contributed by atoms with Crippen molar-refractivity contribution in [3.8, 4) is 0 Å². The molecule has 0 atom stereocenters. The topological polar surface area (TPSA) is 69.7 Å². The van der Waals surface area contributed by atoms with E-state index in [1.165, 1.54) is 11.3 Å². The summed E-state index contributed by atoms with van der Waals surface area (Å²) in [5.41, 5.74) is 2.38. The van der Waals surface area contributed by atoms with Gasteiger partial charge in [0, 0.05) is 31.9 Å². The third kappa shape index (κ3) is 5.49. The van der Waals surface area contributed by atoms with Crippen LogP contribution < -0.4 is 9.62 Å². The Morgan fingerprint density at radius 2 is 1.92 bits per heavy atom. The number of hydrogen-bond acceptors (Lipinski definition) is 4. The normalized spacial score (nSPS) is 15.6. The molecule has 1 aliphatic rings. The van der Waals surface area contributed by atoms with Crippen molar-refractivity contribution in [3.05, 3.63) is 29.8 Å². The molecule has 134 valence electrons. The van der Waals surface area contributed by atoms with Crippen LogP contribution in [-0.4, -0.2) is 57.7 Å². The minimum Gasteiger partial charge on any atom is -0.368 e. The number of aryl methyl sites for hydroxylation is 1. The molecule has 0 unspecified atom stereocenters. The van der Waals surface area contributed by atoms with E-state index < -0.39 is 10.0 Å². The number of anilines is 1. The van der Waals surface area contributed by atoms with Crippen LogP contribution in [0.4, 0.5) is 5.69 Å². The number of carbonyl (C=O) groups excluding carboxylic acids is 1. The van der Waals surface area contributed by atoms with Crippen LogP contribution in [0.1, 0.15) is 25.3 Å². The van der Waals surface area contributed by atoms with Crippen molar-refractivity contribution in [2.75, 3.05) is 43.4 Å². The van der Waals surface area contributed by atoms with Crippen LogP contribution in [0.5, 0.6) is 0 Å². The van der Waals surface area contributed by atoms with Crippen LogP contribution >= 0.6 is 0 Å². The molecular formula is C17H27N3O3S. The number of carbonyl (C=O) groups is 1. The van der Waals surface area contributed by atoms with Crippen molar-refractivity contribution in [1.29, 1.82) is 0 Å². The first-order valence-electron chi connectivity index (χ1n) is 8.48. The number of rotatable bonds is 7. The third-order valence-electron chi connectivity index (χ3n) is 4.21. The zero-order chi connectivity index (χ0) is 17.6. The van der Waals surface area contributed by atoms with E-state index in [-0.39, 0.29) is 18.2 Å². The summed E-state index contributed by atoms with van der Waals surface area (Å²) >= 11 is 0. The molecule has 6 nitrogen and oxygen atoms in total. The molecule has 1 aliphatic heterocycles. The standard InChI is InChI=1S/C17H27N3O3S/c1-3-4-12-24(22,23)18-14-17(21)20-10-8-19(9-11-20)16-7-5-6-15(2)13-16/h5-7,13,18H,3-4,8-12,14H2,1-2H3. The van der Waals surface area contributed by atoms with E-state index in [2.05, 4.69) is 34.7 Å². The Bertz CT molecular complexity index is 653. The van der Waals surface area contributed by atoms with E-state index in [0.29, 0.717) is 19.5 Å². The molecule has 1 saturated heterocycles. The Labute approximate surface area is 144 Å². The number of nitrogens with one attached hydrogen (secondary N) is 1. The van der Waals surface area contributed by atoms with Crippen LogP contribution in [0.25, 0.3) is 0 Å². The lowest BCUT2D eigenvalue weighted by atomic mass is 10.2. The predicted molar refractivity (Wildman–Crippen MR) is 96.7 cm³/mol. The first-order chi connectivity index (χ1) is 11.4. The van der Waals surface area contributed by atoms with Gasteiger partial charge < -0.3 is 9.80 Å². The van der Waals surface area contributed by atoms with Gasteiger partial charge in [0.1, 0.15) is 0 Å². The maximum Gasteiger partial charge on any atom is 0.237 e. The van der Waals surface area contributed by atoms with Crippen molar-refractivity contribution in [1.82, 2.24) is 9.62 Å². The molecule has 1 aromatic carbocycles. The van der Waals surface area contributed by atoms with Gasteiger partial charge in [0.05, 0.1) is 12.3 Å². The fraction of sp³-hybridized carbons (Fsp3) is 0.588. The zero-order valence-electron chi connectivity index (χ0n) is 14.5. The molecule has 1 fully saturated rings. The molecule has 2 rings (SSSR count). The second-order valence-corrected chi connectivity index (χ2v) is 8.13. The monoisotopic (exact) mass is 353 g/mol. The number of amides is 1. The van der Waals surface area contributed by atoms with Gasteiger partial charge in [-0.1, -0.05) is 25.5 Å². The first-order valence-corrected chi connectivity index (χ1v) is 10.1. The van der Waals surface area contributed by atoms with Gasteiger partial charge >= 0.3 is 0 Å². The second-order valence-electron chi connectivity index (χ2n) is 6.20. The molecule has 7 heteroatoms. The summed E-state index contributed by atoms with van der Waals surface area (Å²) < 4.78 is 25.9. The molecule has 0 aliphatic carbocycles. The lowest BCUT2D eigenvalue weighted by Crippen LogP contribution is -2.51. The molecule has 0 spiro atoms. The summed E-state index contributed by atoms with van der Waals surface area (Å²) in [5, 5.41) is 0. The van der Waals surface area contributed by atoms with Gasteiger partial charge in [-0.3, -0.25) is 4.79 Å². The van der Waals surface area contributed by atoms with Gasteiger partial charge in [0.25, 0.3) is 0 Å². The van der Waals surface area contributed by atoms with Gasteiger partial charge in [-0.2, -0.15) is 0 Å². The van der Waals surface area contributed by atoms with Gasteiger partial charge in [0.15, 0.2) is 0 Å². The summed E-state index contributed by atoms with van der Waals surface area (Å²) in [6, 6.07) is 8.31. The Morgan fingerprint density at radius 3 is 2.54 bits per heavy atom. The highest BCUT2D eigenvalue weighted by Crippen LogP contribution is 2.17. The summed E-state index contributed by atoms with van der Waals surface area (Å²) in [6.45, 7) is 6.61. The number of nitrogens with zero attached hydrogens (tertiary/aromatic N) is 2. The lowest BCUT2D eigenvalue weighted by molar-refractivity contribution is -0.130. The minimum absolute atomic E-state index is 0.0813. The van der Waals surface area contributed by atoms with E-state index in [1.54, 1.807) is 4.90 Å². The van der Waals surface area contributed by atoms with E-state index in [0.717, 1.165) is 19.5 Å². The first kappa shape index (κ1) is 18.7. The van der Waals surface area contributed by atoms with Crippen molar-refractivity contribution >= 4 is 21.6 Å². The minimum atomic E-state index is -3.34. The average Bonchev–Trinajstić information content (AvgIpc) is 2.58. The quantitative estimate of drug-likeness (QED) is 0.804. The zero-order valence-corrected chi connectivity index (χ0v) is 15.3. The van der Waals surface area contributed by atoms with Crippen LogP contribution in [-0.2, 0) is 14.8 Å². The number of unbranched alkanes of at least 4 members (excludes halogenated alkanes) is 1. The number of hydrogen-bond donors (Lipinski definition) is 1. The highest BCUT2D eigenvalue weighted by molar-refractivity contribution is 7.89. The summed E-state index contributed by atoms with van der Waals surface area (Å²) in [4.78, 5) is 16.2. The molecule has 1 N–H and O–H groups in total. The third-order valence-corrected chi connectivity index (χ3v) is 5.62. The fourth-order valence-corrected chi connectivity index (χ4v) is 3.89. The van der Waals surface area contributed by atoms with E-state index in [1.807, 2.05) is 13.0 Å². The molecule has 0 radical (unpaired) electrons. The second kappa shape index (κ2) is 8.48. The lowest BCUT2D eigenvalue weighted by Gasteiger charge is -2.36. The Balaban J connectivity index is 1.80. The number of benzene rings is 1. The van der Waals surface area contributed by atoms with Crippen molar-refractivity contribution < 1.29 is 13.2 Å². The highest BCUT2D eigenvalue weighted by atomic mass is 32.2. The molecule has 1 aromatic rings. The van der Waals surface area contributed by atoms with E-state index >= 15 is 0 Å². The molecule has 0 aromatic heterocycles. The van der Waals surface area contributed by atoms with Gasteiger partial charge in [-0.15, -0.1) is 0 Å².